The van der Waals surface area contributed by atoms with Gasteiger partial charge in [0.1, 0.15) is 13.7 Å². The lowest BCUT2D eigenvalue weighted by atomic mass is 9.92. The van der Waals surface area contributed by atoms with Crippen molar-refractivity contribution in [3.63, 3.8) is 0 Å². The average Bonchev–Trinajstić information content (AvgIpc) is 2.49. The summed E-state index contributed by atoms with van der Waals surface area (Å²) >= 11 is 0. The Labute approximate surface area is 138 Å². The number of nitrogens with zero attached hydrogens (tertiary/aromatic N) is 1. The van der Waals surface area contributed by atoms with Gasteiger partial charge in [-0.1, -0.05) is 48.5 Å². The van der Waals surface area contributed by atoms with Gasteiger partial charge < -0.3 is 0 Å². The quantitative estimate of drug-likeness (QED) is 0.605. The molecule has 0 unspecified atom stereocenters. The standard InChI is InChI=1S/C20H21BFN/c1-13(5-8-20-16(4)10-14(2)12-23-20)9-15(3)17-6-7-18(21)19(22)11-17/h5-8,10-12H,1,3,9,21H2,2,4H3/b8-5-. The van der Waals surface area contributed by atoms with Gasteiger partial charge >= 0.3 is 0 Å². The van der Waals surface area contributed by atoms with E-state index in [2.05, 4.69) is 24.2 Å². The van der Waals surface area contributed by atoms with E-state index >= 15 is 0 Å². The van der Waals surface area contributed by atoms with Crippen molar-refractivity contribution >= 4 is 25.0 Å². The van der Waals surface area contributed by atoms with Gasteiger partial charge in [0.25, 0.3) is 0 Å². The number of halogens is 1. The highest BCUT2D eigenvalue weighted by Crippen LogP contribution is 2.21. The van der Waals surface area contributed by atoms with Crippen LogP contribution in [0.1, 0.15) is 28.8 Å². The van der Waals surface area contributed by atoms with E-state index in [-0.39, 0.29) is 5.82 Å². The first kappa shape index (κ1) is 16.9. The van der Waals surface area contributed by atoms with E-state index in [9.17, 15) is 4.39 Å². The van der Waals surface area contributed by atoms with Crippen LogP contribution in [0.25, 0.3) is 11.6 Å². The van der Waals surface area contributed by atoms with Crippen LogP contribution in [0.4, 0.5) is 4.39 Å². The second kappa shape index (κ2) is 7.23. The van der Waals surface area contributed by atoms with Crippen LogP contribution in [0.3, 0.4) is 0 Å². The summed E-state index contributed by atoms with van der Waals surface area (Å²) in [7, 11) is 1.75. The summed E-state index contributed by atoms with van der Waals surface area (Å²) in [5.41, 5.74) is 6.43. The molecule has 1 heterocycles. The van der Waals surface area contributed by atoms with Crippen molar-refractivity contribution in [2.45, 2.75) is 20.3 Å². The highest BCUT2D eigenvalue weighted by atomic mass is 19.1. The monoisotopic (exact) mass is 305 g/mol. The number of pyridine rings is 1. The molecule has 0 atom stereocenters. The molecule has 23 heavy (non-hydrogen) atoms. The molecular formula is C20H21BFN. The van der Waals surface area contributed by atoms with Crippen LogP contribution in [-0.4, -0.2) is 12.8 Å². The van der Waals surface area contributed by atoms with E-state index < -0.39 is 0 Å². The first-order valence-corrected chi connectivity index (χ1v) is 7.60. The van der Waals surface area contributed by atoms with Gasteiger partial charge in [0.2, 0.25) is 0 Å². The molecule has 2 aromatic rings. The Bertz CT molecular complexity index is 790. The molecule has 2 rings (SSSR count). The first-order valence-electron chi connectivity index (χ1n) is 7.60. The number of aryl methyl sites for hydroxylation is 2. The maximum atomic E-state index is 13.6. The molecule has 0 radical (unpaired) electrons. The van der Waals surface area contributed by atoms with E-state index in [0.717, 1.165) is 33.5 Å². The van der Waals surface area contributed by atoms with Crippen molar-refractivity contribution < 1.29 is 4.39 Å². The van der Waals surface area contributed by atoms with Gasteiger partial charge in [0.15, 0.2) is 0 Å². The lowest BCUT2D eigenvalue weighted by molar-refractivity contribution is 0.635. The molecule has 0 aliphatic rings. The lowest BCUT2D eigenvalue weighted by Gasteiger charge is -2.08. The number of rotatable bonds is 5. The molecule has 3 heteroatoms. The molecule has 1 nitrogen and oxygen atoms in total. The van der Waals surface area contributed by atoms with Crippen molar-refractivity contribution in [3.05, 3.63) is 83.5 Å². The third kappa shape index (κ3) is 4.52. The van der Waals surface area contributed by atoms with E-state index in [1.165, 1.54) is 6.07 Å². The maximum absolute atomic E-state index is 13.6. The summed E-state index contributed by atoms with van der Waals surface area (Å²) in [6.07, 6.45) is 6.36. The van der Waals surface area contributed by atoms with Crippen LogP contribution in [-0.2, 0) is 0 Å². The second-order valence-corrected chi connectivity index (χ2v) is 5.95. The van der Waals surface area contributed by atoms with Crippen LogP contribution in [0.5, 0.6) is 0 Å². The minimum atomic E-state index is -0.204. The Balaban J connectivity index is 2.05. The number of allylic oxidation sites excluding steroid dienone is 3. The topological polar surface area (TPSA) is 12.9 Å². The van der Waals surface area contributed by atoms with E-state index in [0.29, 0.717) is 11.9 Å². The van der Waals surface area contributed by atoms with Gasteiger partial charge in [0, 0.05) is 6.20 Å². The normalized spacial score (nSPS) is 10.9. The third-order valence-corrected chi connectivity index (χ3v) is 3.75. The summed E-state index contributed by atoms with van der Waals surface area (Å²) in [6.45, 7) is 12.2. The lowest BCUT2D eigenvalue weighted by Crippen LogP contribution is -2.07. The van der Waals surface area contributed by atoms with Gasteiger partial charge in [-0.05, 0) is 54.7 Å². The van der Waals surface area contributed by atoms with Gasteiger partial charge in [-0.25, -0.2) is 4.39 Å². The Morgan fingerprint density at radius 3 is 2.65 bits per heavy atom. The van der Waals surface area contributed by atoms with Gasteiger partial charge in [-0.3, -0.25) is 4.98 Å². The number of hydrogen-bond acceptors (Lipinski definition) is 1. The fraction of sp³-hybridized carbons (Fsp3) is 0.150. The van der Waals surface area contributed by atoms with E-state index in [1.807, 2.05) is 38.3 Å². The Morgan fingerprint density at radius 2 is 2.00 bits per heavy atom. The average molecular weight is 305 g/mol. The number of benzene rings is 1. The zero-order valence-electron chi connectivity index (χ0n) is 14.0. The Kier molecular flexibility index (Phi) is 5.33. The fourth-order valence-corrected chi connectivity index (χ4v) is 2.35. The summed E-state index contributed by atoms with van der Waals surface area (Å²) in [5, 5.41) is 0. The van der Waals surface area contributed by atoms with Crippen molar-refractivity contribution in [2.75, 3.05) is 0 Å². The van der Waals surface area contributed by atoms with Gasteiger partial charge in [-0.2, -0.15) is 0 Å². The van der Waals surface area contributed by atoms with Gasteiger partial charge in [0.05, 0.1) is 5.69 Å². The predicted molar refractivity (Wildman–Crippen MR) is 100 cm³/mol. The molecule has 0 fully saturated rings. The molecule has 0 amide bonds. The van der Waals surface area contributed by atoms with Crippen LogP contribution in [0.15, 0.2) is 55.3 Å². The third-order valence-electron chi connectivity index (χ3n) is 3.75. The highest BCUT2D eigenvalue weighted by Gasteiger charge is 2.04. The van der Waals surface area contributed by atoms with Gasteiger partial charge in [-0.15, -0.1) is 0 Å². The zero-order chi connectivity index (χ0) is 17.0. The van der Waals surface area contributed by atoms with Crippen LogP contribution < -0.4 is 5.46 Å². The van der Waals surface area contributed by atoms with Crippen LogP contribution in [0.2, 0.25) is 0 Å². The summed E-state index contributed by atoms with van der Waals surface area (Å²) in [5.74, 6) is -0.204. The molecule has 0 saturated heterocycles. The Morgan fingerprint density at radius 1 is 1.26 bits per heavy atom. The molecule has 0 spiro atoms. The Hall–Kier alpha value is -2.42. The number of aromatic nitrogens is 1. The maximum Gasteiger partial charge on any atom is 0.143 e. The summed E-state index contributed by atoms with van der Waals surface area (Å²) in [4.78, 5) is 4.41. The summed E-state index contributed by atoms with van der Waals surface area (Å²) in [6, 6.07) is 7.29. The summed E-state index contributed by atoms with van der Waals surface area (Å²) < 4.78 is 13.6. The molecule has 0 N–H and O–H groups in total. The van der Waals surface area contributed by atoms with Crippen LogP contribution in [0, 0.1) is 19.7 Å². The molecule has 116 valence electrons. The molecule has 0 bridgehead atoms. The van der Waals surface area contributed by atoms with E-state index in [4.69, 9.17) is 0 Å². The number of hydrogen-bond donors (Lipinski definition) is 0. The molecule has 0 aliphatic carbocycles. The SMILES string of the molecule is Bc1ccc(C(=C)CC(=C)/C=C\c2ncc(C)cc2C)cc1F. The van der Waals surface area contributed by atoms with Crippen molar-refractivity contribution in [3.8, 4) is 0 Å². The minimum absolute atomic E-state index is 0.204. The molecule has 0 aliphatic heterocycles. The molecule has 1 aromatic heterocycles. The minimum Gasteiger partial charge on any atom is -0.256 e. The smallest absolute Gasteiger partial charge is 0.143 e. The van der Waals surface area contributed by atoms with Crippen molar-refractivity contribution in [2.24, 2.45) is 0 Å². The van der Waals surface area contributed by atoms with Crippen LogP contribution >= 0.6 is 0 Å². The molecular weight excluding hydrogens is 284 g/mol. The van der Waals surface area contributed by atoms with Crippen molar-refractivity contribution in [1.82, 2.24) is 4.98 Å². The fourth-order valence-electron chi connectivity index (χ4n) is 2.35. The molecule has 0 saturated carbocycles. The highest BCUT2D eigenvalue weighted by molar-refractivity contribution is 6.32. The largest absolute Gasteiger partial charge is 0.256 e. The zero-order valence-corrected chi connectivity index (χ0v) is 14.0. The first-order chi connectivity index (χ1) is 10.9. The predicted octanol–water partition coefficient (Wildman–Crippen LogP) is 3.77. The second-order valence-electron chi connectivity index (χ2n) is 5.95. The van der Waals surface area contributed by atoms with E-state index in [1.54, 1.807) is 13.9 Å². The van der Waals surface area contributed by atoms with Crippen molar-refractivity contribution in [1.29, 1.82) is 0 Å². The molecule has 1 aromatic carbocycles.